The number of hydrogen-bond donors (Lipinski definition) is 3. The van der Waals surface area contributed by atoms with Crippen molar-refractivity contribution in [2.45, 2.75) is 19.8 Å². The number of aryl methyl sites for hydroxylation is 1. The highest BCUT2D eigenvalue weighted by atomic mass is 35.5. The number of nitrogens with one attached hydrogen (secondary N) is 3. The van der Waals surface area contributed by atoms with Crippen molar-refractivity contribution in [1.82, 2.24) is 16.2 Å². The summed E-state index contributed by atoms with van der Waals surface area (Å²) in [6.07, 6.45) is 0.688. The van der Waals surface area contributed by atoms with E-state index in [-0.39, 0.29) is 30.2 Å². The molecule has 154 valence electrons. The van der Waals surface area contributed by atoms with Gasteiger partial charge in [0.2, 0.25) is 5.91 Å². The van der Waals surface area contributed by atoms with Gasteiger partial charge in [-0.25, -0.2) is 4.39 Å². The molecular weight excluding hydrogens is 401 g/mol. The smallest absolute Gasteiger partial charge is 0.276 e. The summed E-state index contributed by atoms with van der Waals surface area (Å²) in [5.41, 5.74) is 5.55. The third-order valence-corrected chi connectivity index (χ3v) is 4.18. The van der Waals surface area contributed by atoms with Crippen LogP contribution in [-0.4, -0.2) is 30.9 Å². The Kier molecular flexibility index (Phi) is 8.42. The third kappa shape index (κ3) is 7.08. The van der Waals surface area contributed by atoms with Crippen molar-refractivity contribution in [2.75, 3.05) is 13.2 Å². The largest absolute Gasteiger partial charge is 0.483 e. The molecule has 0 aliphatic rings. The van der Waals surface area contributed by atoms with E-state index >= 15 is 0 Å². The molecule has 0 saturated carbocycles. The average Bonchev–Trinajstić information content (AvgIpc) is 2.70. The lowest BCUT2D eigenvalue weighted by atomic mass is 10.1. The zero-order valence-corrected chi connectivity index (χ0v) is 16.5. The lowest BCUT2D eigenvalue weighted by molar-refractivity contribution is -0.129. The van der Waals surface area contributed by atoms with Crippen LogP contribution in [0.3, 0.4) is 0 Å². The standard InChI is InChI=1S/C20H21ClFN3O4/c1-2-13-5-3-4-6-17(13)29-12-19(27)25-24-18(26)9-10-23-20(28)15-8-7-14(22)11-16(15)21/h3-8,11H,2,9-10,12H2,1H3,(H,23,28)(H,24,26)(H,25,27). The Labute approximate surface area is 172 Å². The highest BCUT2D eigenvalue weighted by Gasteiger charge is 2.12. The summed E-state index contributed by atoms with van der Waals surface area (Å²) in [4.78, 5) is 35.5. The number of ether oxygens (including phenoxy) is 1. The summed E-state index contributed by atoms with van der Waals surface area (Å²) in [6.45, 7) is 1.73. The third-order valence-electron chi connectivity index (χ3n) is 3.87. The first-order chi connectivity index (χ1) is 13.9. The Hall–Kier alpha value is -3.13. The fourth-order valence-corrected chi connectivity index (χ4v) is 2.63. The predicted octanol–water partition coefficient (Wildman–Crippen LogP) is 2.39. The van der Waals surface area contributed by atoms with E-state index in [2.05, 4.69) is 16.2 Å². The minimum atomic E-state index is -0.552. The molecule has 0 spiro atoms. The molecular formula is C20H21ClFN3O4. The van der Waals surface area contributed by atoms with E-state index < -0.39 is 23.5 Å². The zero-order chi connectivity index (χ0) is 21.2. The molecule has 0 unspecified atom stereocenters. The molecule has 0 fully saturated rings. The van der Waals surface area contributed by atoms with Crippen LogP contribution in [0.2, 0.25) is 5.02 Å². The Morgan fingerprint density at radius 1 is 1.07 bits per heavy atom. The lowest BCUT2D eigenvalue weighted by Gasteiger charge is -2.11. The van der Waals surface area contributed by atoms with Crippen LogP contribution in [0.15, 0.2) is 42.5 Å². The lowest BCUT2D eigenvalue weighted by Crippen LogP contribution is -2.44. The molecule has 0 atom stereocenters. The number of rotatable bonds is 8. The average molecular weight is 422 g/mol. The topological polar surface area (TPSA) is 96.5 Å². The maximum atomic E-state index is 13.0. The second-order valence-electron chi connectivity index (χ2n) is 5.98. The van der Waals surface area contributed by atoms with Gasteiger partial charge in [0.05, 0.1) is 10.6 Å². The van der Waals surface area contributed by atoms with Crippen molar-refractivity contribution < 1.29 is 23.5 Å². The number of carbonyl (C=O) groups excluding carboxylic acids is 3. The molecule has 3 amide bonds. The Morgan fingerprint density at radius 3 is 2.52 bits per heavy atom. The van der Waals surface area contributed by atoms with Crippen molar-refractivity contribution >= 4 is 29.3 Å². The first-order valence-corrected chi connectivity index (χ1v) is 9.30. The summed E-state index contributed by atoms with van der Waals surface area (Å²) in [5.74, 6) is -1.50. The van der Waals surface area contributed by atoms with Gasteiger partial charge in [-0.3, -0.25) is 25.2 Å². The van der Waals surface area contributed by atoms with E-state index in [1.165, 1.54) is 6.07 Å². The molecule has 9 heteroatoms. The Bertz CT molecular complexity index is 892. The van der Waals surface area contributed by atoms with Crippen LogP contribution in [0.5, 0.6) is 5.75 Å². The normalized spacial score (nSPS) is 10.2. The van der Waals surface area contributed by atoms with Gasteiger partial charge in [0, 0.05) is 13.0 Å². The van der Waals surface area contributed by atoms with Gasteiger partial charge in [0.15, 0.2) is 6.61 Å². The molecule has 2 aromatic rings. The minimum absolute atomic E-state index is 0.00855. The quantitative estimate of drug-likeness (QED) is 0.570. The van der Waals surface area contributed by atoms with Crippen molar-refractivity contribution in [2.24, 2.45) is 0 Å². The van der Waals surface area contributed by atoms with Gasteiger partial charge < -0.3 is 10.1 Å². The fraction of sp³-hybridized carbons (Fsp3) is 0.250. The van der Waals surface area contributed by atoms with Crippen molar-refractivity contribution in [1.29, 1.82) is 0 Å². The molecule has 2 rings (SSSR count). The number of benzene rings is 2. The molecule has 0 aliphatic carbocycles. The summed E-state index contributed by atoms with van der Waals surface area (Å²) >= 11 is 5.80. The van der Waals surface area contributed by atoms with Gasteiger partial charge in [-0.2, -0.15) is 0 Å². The van der Waals surface area contributed by atoms with Crippen LogP contribution >= 0.6 is 11.6 Å². The van der Waals surface area contributed by atoms with Gasteiger partial charge in [0.25, 0.3) is 11.8 Å². The van der Waals surface area contributed by atoms with Gasteiger partial charge in [0.1, 0.15) is 11.6 Å². The van der Waals surface area contributed by atoms with E-state index in [0.717, 1.165) is 24.1 Å². The Balaban J connectivity index is 1.67. The first-order valence-electron chi connectivity index (χ1n) is 8.92. The molecule has 7 nitrogen and oxygen atoms in total. The fourth-order valence-electron chi connectivity index (χ4n) is 2.38. The minimum Gasteiger partial charge on any atom is -0.483 e. The van der Waals surface area contributed by atoms with Crippen LogP contribution in [0, 0.1) is 5.82 Å². The molecule has 0 aromatic heterocycles. The Morgan fingerprint density at radius 2 is 1.79 bits per heavy atom. The molecule has 0 heterocycles. The van der Waals surface area contributed by atoms with Gasteiger partial charge >= 0.3 is 0 Å². The SMILES string of the molecule is CCc1ccccc1OCC(=O)NNC(=O)CCNC(=O)c1ccc(F)cc1Cl. The molecule has 2 aromatic carbocycles. The number of amides is 3. The van der Waals surface area contributed by atoms with Crippen molar-refractivity contribution in [3.05, 3.63) is 64.4 Å². The number of halogens is 2. The molecule has 0 bridgehead atoms. The van der Waals surface area contributed by atoms with Gasteiger partial charge in [-0.1, -0.05) is 36.7 Å². The number of hydrazine groups is 1. The highest BCUT2D eigenvalue weighted by molar-refractivity contribution is 6.33. The summed E-state index contributed by atoms with van der Waals surface area (Å²) in [7, 11) is 0. The maximum absolute atomic E-state index is 13.0. The summed E-state index contributed by atoms with van der Waals surface area (Å²) in [5, 5.41) is 2.47. The molecule has 3 N–H and O–H groups in total. The monoisotopic (exact) mass is 421 g/mol. The molecule has 0 saturated heterocycles. The van der Waals surface area contributed by atoms with Crippen LogP contribution in [0.4, 0.5) is 4.39 Å². The van der Waals surface area contributed by atoms with Crippen molar-refractivity contribution in [3.8, 4) is 5.75 Å². The maximum Gasteiger partial charge on any atom is 0.276 e. The van der Waals surface area contributed by atoms with Crippen LogP contribution in [0.25, 0.3) is 0 Å². The second-order valence-corrected chi connectivity index (χ2v) is 6.38. The van der Waals surface area contributed by atoms with E-state index in [4.69, 9.17) is 16.3 Å². The van der Waals surface area contributed by atoms with E-state index in [1.54, 1.807) is 6.07 Å². The van der Waals surface area contributed by atoms with E-state index in [1.807, 2.05) is 25.1 Å². The van der Waals surface area contributed by atoms with Crippen LogP contribution in [-0.2, 0) is 16.0 Å². The molecule has 0 aliphatic heterocycles. The predicted molar refractivity (Wildman–Crippen MR) is 106 cm³/mol. The molecule has 29 heavy (non-hydrogen) atoms. The van der Waals surface area contributed by atoms with Gasteiger partial charge in [-0.15, -0.1) is 0 Å². The van der Waals surface area contributed by atoms with Crippen LogP contribution in [0.1, 0.15) is 29.3 Å². The van der Waals surface area contributed by atoms with E-state index in [9.17, 15) is 18.8 Å². The number of hydrogen-bond acceptors (Lipinski definition) is 4. The second kappa shape index (κ2) is 11.0. The summed E-state index contributed by atoms with van der Waals surface area (Å²) < 4.78 is 18.4. The summed E-state index contributed by atoms with van der Waals surface area (Å²) in [6, 6.07) is 10.8. The van der Waals surface area contributed by atoms with Gasteiger partial charge in [-0.05, 0) is 36.2 Å². The number of para-hydroxylation sites is 1. The molecule has 0 radical (unpaired) electrons. The number of carbonyl (C=O) groups is 3. The highest BCUT2D eigenvalue weighted by Crippen LogP contribution is 2.18. The van der Waals surface area contributed by atoms with Crippen molar-refractivity contribution in [3.63, 3.8) is 0 Å². The van der Waals surface area contributed by atoms with Crippen LogP contribution < -0.4 is 20.9 Å². The van der Waals surface area contributed by atoms with E-state index in [0.29, 0.717) is 5.75 Å². The first kappa shape index (κ1) is 22.2. The zero-order valence-electron chi connectivity index (χ0n) is 15.8.